The Kier molecular flexibility index (Phi) is 6.53. The second-order valence-electron chi connectivity index (χ2n) is 1.55. The molecule has 0 aromatic carbocycles. The van der Waals surface area contributed by atoms with Crippen LogP contribution in [0.2, 0.25) is 0 Å². The molecular formula is C6H12OS2. The predicted octanol–water partition coefficient (Wildman–Crippen LogP) is 2.33. The van der Waals surface area contributed by atoms with Crippen LogP contribution in [-0.4, -0.2) is 9.96 Å². The molecule has 0 N–H and O–H groups in total. The number of hydrogen-bond acceptors (Lipinski definition) is 2. The van der Waals surface area contributed by atoms with Gasteiger partial charge in [0, 0.05) is 11.2 Å². The van der Waals surface area contributed by atoms with Crippen molar-refractivity contribution in [2.75, 3.05) is 5.75 Å². The van der Waals surface area contributed by atoms with Gasteiger partial charge in [-0.1, -0.05) is 23.8 Å². The summed E-state index contributed by atoms with van der Waals surface area (Å²) in [4.78, 5) is 0. The first kappa shape index (κ1) is 9.24. The molecule has 54 valence electrons. The highest BCUT2D eigenvalue weighted by Crippen LogP contribution is 2.09. The predicted molar refractivity (Wildman–Crippen MR) is 45.7 cm³/mol. The fourth-order valence-corrected chi connectivity index (χ4v) is 2.51. The van der Waals surface area contributed by atoms with Gasteiger partial charge in [0.15, 0.2) is 0 Å². The molecule has 0 fully saturated rings. The lowest BCUT2D eigenvalue weighted by atomic mass is 10.6. The van der Waals surface area contributed by atoms with Gasteiger partial charge >= 0.3 is 0 Å². The molecule has 0 aromatic heterocycles. The highest BCUT2D eigenvalue weighted by Gasteiger charge is 1.90. The molecule has 0 saturated heterocycles. The summed E-state index contributed by atoms with van der Waals surface area (Å²) in [5.41, 5.74) is 0. The Morgan fingerprint density at radius 3 is 2.78 bits per heavy atom. The van der Waals surface area contributed by atoms with Crippen molar-refractivity contribution >= 4 is 20.6 Å². The van der Waals surface area contributed by atoms with E-state index in [0.717, 1.165) is 12.2 Å². The van der Waals surface area contributed by atoms with E-state index in [4.69, 9.17) is 0 Å². The summed E-state index contributed by atoms with van der Waals surface area (Å²) >= 11 is 0. The molecular weight excluding hydrogens is 152 g/mol. The molecule has 1 unspecified atom stereocenters. The standard InChI is InChI=1S/C6H12OS2/c1-3-5-8-9(7)6-4-2/h4,6H,3,5H2,1-2H3. The van der Waals surface area contributed by atoms with E-state index in [9.17, 15) is 4.21 Å². The van der Waals surface area contributed by atoms with Crippen molar-refractivity contribution in [3.8, 4) is 0 Å². The molecule has 9 heavy (non-hydrogen) atoms. The molecule has 1 atom stereocenters. The summed E-state index contributed by atoms with van der Waals surface area (Å²) in [6, 6.07) is 0. The molecule has 0 aliphatic heterocycles. The third-order valence-corrected chi connectivity index (χ3v) is 3.48. The van der Waals surface area contributed by atoms with Gasteiger partial charge in [-0.05, 0) is 13.3 Å². The van der Waals surface area contributed by atoms with Gasteiger partial charge < -0.3 is 0 Å². The molecule has 0 radical (unpaired) electrons. The van der Waals surface area contributed by atoms with E-state index in [1.165, 1.54) is 10.8 Å². The van der Waals surface area contributed by atoms with E-state index in [-0.39, 0.29) is 0 Å². The van der Waals surface area contributed by atoms with Crippen LogP contribution >= 0.6 is 10.8 Å². The van der Waals surface area contributed by atoms with E-state index in [2.05, 4.69) is 6.92 Å². The maximum Gasteiger partial charge on any atom is 0.105 e. The first-order valence-electron chi connectivity index (χ1n) is 2.98. The smallest absolute Gasteiger partial charge is 0.105 e. The molecule has 0 saturated carbocycles. The maximum absolute atomic E-state index is 10.8. The summed E-state index contributed by atoms with van der Waals surface area (Å²) in [7, 11) is 0.703. The normalized spacial score (nSPS) is 14.4. The quantitative estimate of drug-likeness (QED) is 0.593. The molecule has 0 bridgehead atoms. The highest BCUT2D eigenvalue weighted by molar-refractivity contribution is 8.70. The van der Waals surface area contributed by atoms with Crippen molar-refractivity contribution in [3.63, 3.8) is 0 Å². The minimum atomic E-state index is -0.784. The number of rotatable bonds is 4. The van der Waals surface area contributed by atoms with Crippen molar-refractivity contribution < 1.29 is 4.21 Å². The Labute approximate surface area is 62.8 Å². The summed E-state index contributed by atoms with van der Waals surface area (Å²) < 4.78 is 10.8. The fraction of sp³-hybridized carbons (Fsp3) is 0.667. The molecule has 0 aliphatic rings. The first-order chi connectivity index (χ1) is 4.31. The second-order valence-corrected chi connectivity index (χ2v) is 4.68. The maximum atomic E-state index is 10.8. The van der Waals surface area contributed by atoms with Crippen LogP contribution in [0.25, 0.3) is 0 Å². The summed E-state index contributed by atoms with van der Waals surface area (Å²) in [6.45, 7) is 3.96. The van der Waals surface area contributed by atoms with E-state index in [1.54, 1.807) is 5.41 Å². The minimum absolute atomic E-state index is 0.784. The van der Waals surface area contributed by atoms with E-state index >= 15 is 0 Å². The zero-order chi connectivity index (χ0) is 7.11. The number of hydrogen-bond donors (Lipinski definition) is 0. The molecule has 1 nitrogen and oxygen atoms in total. The van der Waals surface area contributed by atoms with Crippen LogP contribution in [0, 0.1) is 0 Å². The van der Waals surface area contributed by atoms with Crippen LogP contribution < -0.4 is 0 Å². The fourth-order valence-electron chi connectivity index (χ4n) is 0.316. The average molecular weight is 164 g/mol. The second kappa shape index (κ2) is 6.36. The lowest BCUT2D eigenvalue weighted by Crippen LogP contribution is -1.78. The zero-order valence-corrected chi connectivity index (χ0v) is 7.43. The van der Waals surface area contributed by atoms with Crippen molar-refractivity contribution in [2.24, 2.45) is 0 Å². The molecule has 0 amide bonds. The molecule has 3 heteroatoms. The van der Waals surface area contributed by atoms with Gasteiger partial charge in [-0.25, -0.2) is 4.21 Å². The largest absolute Gasteiger partial charge is 0.243 e. The van der Waals surface area contributed by atoms with Gasteiger partial charge in [-0.3, -0.25) is 0 Å². The Hall–Kier alpha value is 0.240. The Bertz CT molecular complexity index is 110. The summed E-state index contributed by atoms with van der Waals surface area (Å²) in [5, 5.41) is 1.71. The average Bonchev–Trinajstić information content (AvgIpc) is 1.85. The van der Waals surface area contributed by atoms with Gasteiger partial charge in [-0.15, -0.1) is 0 Å². The lowest BCUT2D eigenvalue weighted by molar-refractivity contribution is 0.696. The van der Waals surface area contributed by atoms with E-state index < -0.39 is 9.83 Å². The SMILES string of the molecule is CC=CS(=O)SCCC. The minimum Gasteiger partial charge on any atom is -0.243 e. The Balaban J connectivity index is 3.27. The monoisotopic (exact) mass is 164 g/mol. The van der Waals surface area contributed by atoms with Gasteiger partial charge in [0.1, 0.15) is 9.83 Å². The van der Waals surface area contributed by atoms with Crippen molar-refractivity contribution in [1.29, 1.82) is 0 Å². The molecule has 0 spiro atoms. The van der Waals surface area contributed by atoms with E-state index in [1.807, 2.05) is 13.0 Å². The molecule has 0 heterocycles. The van der Waals surface area contributed by atoms with Crippen LogP contribution in [0.1, 0.15) is 20.3 Å². The molecule has 0 aliphatic carbocycles. The highest BCUT2D eigenvalue weighted by atomic mass is 33.1. The van der Waals surface area contributed by atoms with Crippen molar-refractivity contribution in [3.05, 3.63) is 11.5 Å². The van der Waals surface area contributed by atoms with Gasteiger partial charge in [0.25, 0.3) is 0 Å². The van der Waals surface area contributed by atoms with Crippen molar-refractivity contribution in [1.82, 2.24) is 0 Å². The third kappa shape index (κ3) is 6.12. The van der Waals surface area contributed by atoms with Crippen LogP contribution in [0.3, 0.4) is 0 Å². The first-order valence-corrected chi connectivity index (χ1v) is 5.69. The zero-order valence-electron chi connectivity index (χ0n) is 5.79. The van der Waals surface area contributed by atoms with Crippen LogP contribution in [0.4, 0.5) is 0 Å². The molecule has 0 rings (SSSR count). The van der Waals surface area contributed by atoms with Crippen LogP contribution in [0.15, 0.2) is 11.5 Å². The number of allylic oxidation sites excluding steroid dienone is 1. The third-order valence-electron chi connectivity index (χ3n) is 0.651. The van der Waals surface area contributed by atoms with Gasteiger partial charge in [0.05, 0.1) is 0 Å². The summed E-state index contributed by atoms with van der Waals surface area (Å²) in [5.74, 6) is 0.983. The Morgan fingerprint density at radius 1 is 1.67 bits per heavy atom. The Morgan fingerprint density at radius 2 is 2.33 bits per heavy atom. The molecule has 0 aromatic rings. The van der Waals surface area contributed by atoms with Crippen LogP contribution in [-0.2, 0) is 9.83 Å². The lowest BCUT2D eigenvalue weighted by Gasteiger charge is -1.90. The van der Waals surface area contributed by atoms with Crippen LogP contribution in [0.5, 0.6) is 0 Å². The van der Waals surface area contributed by atoms with Crippen molar-refractivity contribution in [2.45, 2.75) is 20.3 Å². The van der Waals surface area contributed by atoms with Gasteiger partial charge in [0.2, 0.25) is 0 Å². The van der Waals surface area contributed by atoms with Gasteiger partial charge in [-0.2, -0.15) is 0 Å². The van der Waals surface area contributed by atoms with E-state index in [0.29, 0.717) is 0 Å². The topological polar surface area (TPSA) is 17.1 Å². The summed E-state index contributed by atoms with van der Waals surface area (Å²) in [6.07, 6.45) is 2.91.